The van der Waals surface area contributed by atoms with Gasteiger partial charge in [0.05, 0.1) is 13.7 Å². The lowest BCUT2D eigenvalue weighted by Crippen LogP contribution is -2.40. The zero-order chi connectivity index (χ0) is 17.2. The van der Waals surface area contributed by atoms with Crippen molar-refractivity contribution < 1.29 is 19.1 Å². The number of ether oxygens (including phenoxy) is 2. The third-order valence-corrected chi connectivity index (χ3v) is 5.02. The first-order valence-electron chi connectivity index (χ1n) is 7.50. The molecular formula is C17H18N2O4S. The Balaban J connectivity index is 1.66. The van der Waals surface area contributed by atoms with E-state index in [-0.39, 0.29) is 19.1 Å². The average molecular weight is 346 g/mol. The van der Waals surface area contributed by atoms with Crippen LogP contribution >= 0.6 is 11.3 Å². The number of nitrogens with zero attached hydrogens (tertiary/aromatic N) is 1. The number of amides is 3. The fourth-order valence-corrected chi connectivity index (χ4v) is 3.45. The Kier molecular flexibility index (Phi) is 4.44. The molecule has 24 heavy (non-hydrogen) atoms. The number of thiophene rings is 1. The predicted molar refractivity (Wildman–Crippen MR) is 90.4 cm³/mol. The van der Waals surface area contributed by atoms with Gasteiger partial charge in [0.15, 0.2) is 17.0 Å². The molecule has 2 heterocycles. The van der Waals surface area contributed by atoms with E-state index in [2.05, 4.69) is 5.32 Å². The Morgan fingerprint density at radius 1 is 1.17 bits per heavy atom. The van der Waals surface area contributed by atoms with E-state index in [0.29, 0.717) is 11.5 Å². The van der Waals surface area contributed by atoms with Crippen LogP contribution in [-0.2, 0) is 10.3 Å². The molecular weight excluding hydrogens is 328 g/mol. The molecule has 2 aromatic rings. The summed E-state index contributed by atoms with van der Waals surface area (Å²) in [7, 11) is 1.56. The molecule has 0 spiro atoms. The normalized spacial score (nSPS) is 20.2. The van der Waals surface area contributed by atoms with Crippen LogP contribution in [0.4, 0.5) is 4.79 Å². The maximum absolute atomic E-state index is 12.7. The van der Waals surface area contributed by atoms with Crippen molar-refractivity contribution in [2.75, 3.05) is 20.3 Å². The van der Waals surface area contributed by atoms with Gasteiger partial charge in [-0.1, -0.05) is 18.2 Å². The molecule has 3 rings (SSSR count). The number of imide groups is 1. The highest BCUT2D eigenvalue weighted by Gasteiger charge is 2.49. The van der Waals surface area contributed by atoms with Gasteiger partial charge < -0.3 is 14.8 Å². The van der Waals surface area contributed by atoms with E-state index in [1.165, 1.54) is 16.2 Å². The highest BCUT2D eigenvalue weighted by atomic mass is 32.1. The molecule has 0 aliphatic carbocycles. The van der Waals surface area contributed by atoms with Crippen LogP contribution in [0.1, 0.15) is 11.8 Å². The number of carbonyl (C=O) groups is 2. The molecule has 6 nitrogen and oxygen atoms in total. The summed E-state index contributed by atoms with van der Waals surface area (Å²) in [4.78, 5) is 26.9. The second-order valence-corrected chi connectivity index (χ2v) is 6.44. The van der Waals surface area contributed by atoms with Gasteiger partial charge in [0, 0.05) is 4.88 Å². The van der Waals surface area contributed by atoms with E-state index >= 15 is 0 Å². The Hall–Kier alpha value is -2.54. The topological polar surface area (TPSA) is 67.9 Å². The second kappa shape index (κ2) is 6.52. The highest BCUT2D eigenvalue weighted by molar-refractivity contribution is 7.10. The van der Waals surface area contributed by atoms with E-state index < -0.39 is 11.6 Å². The highest BCUT2D eigenvalue weighted by Crippen LogP contribution is 2.32. The van der Waals surface area contributed by atoms with E-state index in [4.69, 9.17) is 9.47 Å². The molecule has 3 amide bonds. The first-order valence-corrected chi connectivity index (χ1v) is 8.38. The molecule has 1 atom stereocenters. The Morgan fingerprint density at radius 3 is 2.58 bits per heavy atom. The number of carbonyl (C=O) groups excluding carboxylic acids is 2. The van der Waals surface area contributed by atoms with Gasteiger partial charge >= 0.3 is 6.03 Å². The number of urea groups is 1. The molecule has 1 aromatic heterocycles. The maximum atomic E-state index is 12.7. The molecule has 1 aromatic carbocycles. The molecule has 0 radical (unpaired) electrons. The van der Waals surface area contributed by atoms with Crippen LogP contribution in [0.5, 0.6) is 11.5 Å². The lowest BCUT2D eigenvalue weighted by Gasteiger charge is -2.20. The van der Waals surface area contributed by atoms with Gasteiger partial charge in [-0.3, -0.25) is 9.69 Å². The van der Waals surface area contributed by atoms with Gasteiger partial charge in [-0.25, -0.2) is 4.79 Å². The van der Waals surface area contributed by atoms with Crippen LogP contribution in [-0.4, -0.2) is 37.1 Å². The average Bonchev–Trinajstić information content (AvgIpc) is 3.19. The second-order valence-electron chi connectivity index (χ2n) is 5.49. The van der Waals surface area contributed by atoms with Gasteiger partial charge in [0.1, 0.15) is 6.61 Å². The van der Waals surface area contributed by atoms with Gasteiger partial charge in [-0.15, -0.1) is 11.3 Å². The molecule has 1 aliphatic heterocycles. The molecule has 1 N–H and O–H groups in total. The van der Waals surface area contributed by atoms with Crippen molar-refractivity contribution in [3.63, 3.8) is 0 Å². The van der Waals surface area contributed by atoms with E-state index in [1.54, 1.807) is 26.2 Å². The molecule has 126 valence electrons. The molecule has 7 heteroatoms. The molecule has 0 saturated carbocycles. The fourth-order valence-electron chi connectivity index (χ4n) is 2.62. The standard InChI is InChI=1S/C17H18N2O4S/c1-17(14-8-5-11-24-14)15(20)19(16(21)18-17)9-10-23-13-7-4-3-6-12(13)22-2/h3-8,11H,9-10H2,1-2H3,(H,18,21). The summed E-state index contributed by atoms with van der Waals surface area (Å²) in [6.45, 7) is 2.09. The van der Waals surface area contributed by atoms with Crippen molar-refractivity contribution in [1.82, 2.24) is 10.2 Å². The van der Waals surface area contributed by atoms with Crippen LogP contribution < -0.4 is 14.8 Å². The third-order valence-electron chi connectivity index (χ3n) is 3.93. The first-order chi connectivity index (χ1) is 11.6. The van der Waals surface area contributed by atoms with Crippen LogP contribution in [0.15, 0.2) is 41.8 Å². The monoisotopic (exact) mass is 346 g/mol. The molecule has 1 fully saturated rings. The Labute approximate surface area is 144 Å². The summed E-state index contributed by atoms with van der Waals surface area (Å²) < 4.78 is 10.9. The SMILES string of the molecule is COc1ccccc1OCCN1C(=O)NC(C)(c2cccs2)C1=O. The summed E-state index contributed by atoms with van der Waals surface area (Å²) in [5.74, 6) is 0.921. The number of methoxy groups -OCH3 is 1. The van der Waals surface area contributed by atoms with Crippen LogP contribution in [0.25, 0.3) is 0 Å². The van der Waals surface area contributed by atoms with Crippen molar-refractivity contribution in [3.05, 3.63) is 46.7 Å². The summed E-state index contributed by atoms with van der Waals surface area (Å²) in [6, 6.07) is 10.5. The van der Waals surface area contributed by atoms with Crippen molar-refractivity contribution >= 4 is 23.3 Å². The fraction of sp³-hybridized carbons (Fsp3) is 0.294. The summed E-state index contributed by atoms with van der Waals surface area (Å²) >= 11 is 1.44. The Bertz CT molecular complexity index is 747. The zero-order valence-electron chi connectivity index (χ0n) is 13.4. The predicted octanol–water partition coefficient (Wildman–Crippen LogP) is 2.60. The van der Waals surface area contributed by atoms with Crippen molar-refractivity contribution in [3.8, 4) is 11.5 Å². The van der Waals surface area contributed by atoms with Gasteiger partial charge in [0.2, 0.25) is 0 Å². The minimum Gasteiger partial charge on any atom is -0.493 e. The van der Waals surface area contributed by atoms with E-state index in [0.717, 1.165) is 4.88 Å². The number of hydrogen-bond acceptors (Lipinski definition) is 5. The van der Waals surface area contributed by atoms with Crippen LogP contribution in [0.2, 0.25) is 0 Å². The third kappa shape index (κ3) is 2.82. The molecule has 1 saturated heterocycles. The van der Waals surface area contributed by atoms with Crippen LogP contribution in [0.3, 0.4) is 0 Å². The largest absolute Gasteiger partial charge is 0.493 e. The number of para-hydroxylation sites is 2. The van der Waals surface area contributed by atoms with Crippen molar-refractivity contribution in [2.45, 2.75) is 12.5 Å². The minimum atomic E-state index is -1.00. The summed E-state index contributed by atoms with van der Waals surface area (Å²) in [5, 5.41) is 4.65. The summed E-state index contributed by atoms with van der Waals surface area (Å²) in [6.07, 6.45) is 0. The molecule has 1 aliphatic rings. The van der Waals surface area contributed by atoms with Gasteiger partial charge in [0.25, 0.3) is 5.91 Å². The lowest BCUT2D eigenvalue weighted by molar-refractivity contribution is -0.131. The van der Waals surface area contributed by atoms with Gasteiger partial charge in [-0.2, -0.15) is 0 Å². The Morgan fingerprint density at radius 2 is 1.92 bits per heavy atom. The molecule has 1 unspecified atom stereocenters. The van der Waals surface area contributed by atoms with E-state index in [1.807, 2.05) is 29.6 Å². The smallest absolute Gasteiger partial charge is 0.325 e. The van der Waals surface area contributed by atoms with E-state index in [9.17, 15) is 9.59 Å². The van der Waals surface area contributed by atoms with Crippen molar-refractivity contribution in [2.24, 2.45) is 0 Å². The number of hydrogen-bond donors (Lipinski definition) is 1. The maximum Gasteiger partial charge on any atom is 0.325 e. The summed E-state index contributed by atoms with van der Waals surface area (Å²) in [5.41, 5.74) is -1.00. The number of nitrogens with one attached hydrogen (secondary N) is 1. The number of benzene rings is 1. The molecule has 0 bridgehead atoms. The van der Waals surface area contributed by atoms with Gasteiger partial charge in [-0.05, 0) is 30.5 Å². The van der Waals surface area contributed by atoms with Crippen LogP contribution in [0, 0.1) is 0 Å². The lowest BCUT2D eigenvalue weighted by atomic mass is 10.0. The van der Waals surface area contributed by atoms with Crippen molar-refractivity contribution in [1.29, 1.82) is 0 Å². The number of rotatable bonds is 6. The zero-order valence-corrected chi connectivity index (χ0v) is 14.3. The quantitative estimate of drug-likeness (QED) is 0.817. The first kappa shape index (κ1) is 16.3. The minimum absolute atomic E-state index is 0.170.